The second kappa shape index (κ2) is 2.16. The number of nitrogens with zero attached hydrogens (tertiary/aromatic N) is 1. The lowest BCUT2D eigenvalue weighted by atomic mass is 10.4. The van der Waals surface area contributed by atoms with Gasteiger partial charge in [-0.3, -0.25) is 0 Å². The molecule has 0 atom stereocenters. The first kappa shape index (κ1) is 5.60. The second-order valence-corrected chi connectivity index (χ2v) is 2.31. The third-order valence-electron chi connectivity index (χ3n) is 1.34. The van der Waals surface area contributed by atoms with Gasteiger partial charge in [0.05, 0.1) is 0 Å². The largest absolute Gasteiger partial charge is 0.444 e. The highest BCUT2D eigenvalue weighted by molar-refractivity contribution is 5.40. The molecular weight excluding hydrogens is 102 g/mol. The van der Waals surface area contributed by atoms with E-state index < -0.39 is 0 Å². The molecule has 2 heteroatoms. The Morgan fingerprint density at radius 3 is 2.62 bits per heavy atom. The first-order valence-corrected chi connectivity index (χ1v) is 3.01. The van der Waals surface area contributed by atoms with E-state index in [9.17, 15) is 0 Å². The van der Waals surface area contributed by atoms with Gasteiger partial charge in [0.15, 0.2) is 13.2 Å². The molecule has 0 spiro atoms. The predicted octanol–water partition coefficient (Wildman–Crippen LogP) is 0.466. The number of rotatable bonds is 1. The topological polar surface area (TPSA) is 12.2 Å². The summed E-state index contributed by atoms with van der Waals surface area (Å²) in [5.74, 6) is 0. The van der Waals surface area contributed by atoms with Gasteiger partial charge in [-0.1, -0.05) is 0 Å². The van der Waals surface area contributed by atoms with Crippen LogP contribution in [0.4, 0.5) is 0 Å². The SMILES string of the molecule is CC(C)[N+]1=COCC1. The normalized spacial score (nSPS) is 18.6. The molecule has 0 saturated carbocycles. The molecule has 2 nitrogen and oxygen atoms in total. The summed E-state index contributed by atoms with van der Waals surface area (Å²) in [7, 11) is 0. The summed E-state index contributed by atoms with van der Waals surface area (Å²) in [6.07, 6.45) is 1.81. The van der Waals surface area contributed by atoms with Crippen molar-refractivity contribution in [3.8, 4) is 0 Å². The third kappa shape index (κ3) is 0.997. The Kier molecular flexibility index (Phi) is 1.51. The van der Waals surface area contributed by atoms with Gasteiger partial charge in [0.2, 0.25) is 0 Å². The average Bonchev–Trinajstić information content (AvgIpc) is 2.12. The van der Waals surface area contributed by atoms with E-state index in [0.717, 1.165) is 13.2 Å². The maximum Gasteiger partial charge on any atom is 0.324 e. The maximum absolute atomic E-state index is 5.02. The summed E-state index contributed by atoms with van der Waals surface area (Å²) in [5, 5.41) is 0. The van der Waals surface area contributed by atoms with Crippen molar-refractivity contribution in [2.45, 2.75) is 19.9 Å². The highest BCUT2D eigenvalue weighted by Crippen LogP contribution is 1.92. The lowest BCUT2D eigenvalue weighted by Crippen LogP contribution is -2.18. The van der Waals surface area contributed by atoms with E-state index in [0.29, 0.717) is 6.04 Å². The van der Waals surface area contributed by atoms with Crippen molar-refractivity contribution >= 4 is 6.40 Å². The molecule has 0 aromatic carbocycles. The van der Waals surface area contributed by atoms with Gasteiger partial charge in [0, 0.05) is 0 Å². The first-order chi connectivity index (χ1) is 3.80. The van der Waals surface area contributed by atoms with Gasteiger partial charge in [0.25, 0.3) is 0 Å². The van der Waals surface area contributed by atoms with Gasteiger partial charge >= 0.3 is 6.40 Å². The zero-order chi connectivity index (χ0) is 5.98. The van der Waals surface area contributed by atoms with Gasteiger partial charge in [-0.2, -0.15) is 4.58 Å². The van der Waals surface area contributed by atoms with Crippen molar-refractivity contribution < 1.29 is 9.31 Å². The van der Waals surface area contributed by atoms with Crippen LogP contribution >= 0.6 is 0 Å². The molecule has 1 aliphatic rings. The number of hydrogen-bond acceptors (Lipinski definition) is 1. The molecule has 1 rings (SSSR count). The smallest absolute Gasteiger partial charge is 0.324 e. The van der Waals surface area contributed by atoms with Gasteiger partial charge in [0.1, 0.15) is 6.04 Å². The first-order valence-electron chi connectivity index (χ1n) is 3.01. The molecule has 0 unspecified atom stereocenters. The minimum absolute atomic E-state index is 0.595. The molecule has 0 aromatic heterocycles. The fourth-order valence-electron chi connectivity index (χ4n) is 0.739. The molecule has 46 valence electrons. The lowest BCUT2D eigenvalue weighted by molar-refractivity contribution is -0.545. The highest BCUT2D eigenvalue weighted by atomic mass is 16.5. The minimum atomic E-state index is 0.595. The molecule has 0 amide bonds. The Morgan fingerprint density at radius 2 is 2.38 bits per heavy atom. The fraction of sp³-hybridized carbons (Fsp3) is 0.833. The van der Waals surface area contributed by atoms with Crippen molar-refractivity contribution in [1.82, 2.24) is 0 Å². The number of hydrogen-bond donors (Lipinski definition) is 0. The van der Waals surface area contributed by atoms with Gasteiger partial charge in [-0.05, 0) is 13.8 Å². The van der Waals surface area contributed by atoms with E-state index in [1.165, 1.54) is 0 Å². The van der Waals surface area contributed by atoms with Gasteiger partial charge in [-0.25, -0.2) is 0 Å². The monoisotopic (exact) mass is 114 g/mol. The average molecular weight is 114 g/mol. The molecule has 1 aliphatic heterocycles. The molecule has 0 aromatic rings. The van der Waals surface area contributed by atoms with Gasteiger partial charge < -0.3 is 4.74 Å². The van der Waals surface area contributed by atoms with E-state index in [1.54, 1.807) is 0 Å². The molecule has 0 fully saturated rings. The fourth-order valence-corrected chi connectivity index (χ4v) is 0.739. The standard InChI is InChI=1S/C6H12NO/c1-6(2)7-3-4-8-5-7/h5-6H,3-4H2,1-2H3/q+1. The molecule has 8 heavy (non-hydrogen) atoms. The molecule has 0 N–H and O–H groups in total. The van der Waals surface area contributed by atoms with Gasteiger partial charge in [-0.15, -0.1) is 0 Å². The number of ether oxygens (including phenoxy) is 1. The summed E-state index contributed by atoms with van der Waals surface area (Å²) >= 11 is 0. The molecular formula is C6H12NO+. The van der Waals surface area contributed by atoms with Crippen LogP contribution in [0.5, 0.6) is 0 Å². The Bertz CT molecular complexity index is 107. The van der Waals surface area contributed by atoms with Crippen molar-refractivity contribution in [1.29, 1.82) is 0 Å². The zero-order valence-electron chi connectivity index (χ0n) is 5.42. The Labute approximate surface area is 49.8 Å². The Hall–Kier alpha value is -0.530. The predicted molar refractivity (Wildman–Crippen MR) is 32.3 cm³/mol. The van der Waals surface area contributed by atoms with Crippen LogP contribution in [0.3, 0.4) is 0 Å². The summed E-state index contributed by atoms with van der Waals surface area (Å²) in [5.41, 5.74) is 0. The Morgan fingerprint density at radius 1 is 1.62 bits per heavy atom. The summed E-state index contributed by atoms with van der Waals surface area (Å²) < 4.78 is 7.20. The quantitative estimate of drug-likeness (QED) is 0.451. The molecule has 0 bridgehead atoms. The Balaban J connectivity index is 2.45. The van der Waals surface area contributed by atoms with Crippen LogP contribution in [-0.4, -0.2) is 30.2 Å². The van der Waals surface area contributed by atoms with E-state index in [2.05, 4.69) is 18.4 Å². The second-order valence-electron chi connectivity index (χ2n) is 2.31. The van der Waals surface area contributed by atoms with Crippen LogP contribution in [0.15, 0.2) is 0 Å². The lowest BCUT2D eigenvalue weighted by Gasteiger charge is -1.95. The van der Waals surface area contributed by atoms with Crippen LogP contribution in [0.25, 0.3) is 0 Å². The van der Waals surface area contributed by atoms with Crippen molar-refractivity contribution in [3.05, 3.63) is 0 Å². The van der Waals surface area contributed by atoms with Crippen LogP contribution in [0.2, 0.25) is 0 Å². The van der Waals surface area contributed by atoms with Crippen molar-refractivity contribution in [2.75, 3.05) is 13.2 Å². The third-order valence-corrected chi connectivity index (χ3v) is 1.34. The summed E-state index contributed by atoms with van der Waals surface area (Å²) in [6, 6.07) is 0.595. The van der Waals surface area contributed by atoms with Crippen LogP contribution in [0, 0.1) is 0 Å². The van der Waals surface area contributed by atoms with E-state index in [1.807, 2.05) is 6.40 Å². The molecule has 0 saturated heterocycles. The van der Waals surface area contributed by atoms with Crippen LogP contribution < -0.4 is 0 Å². The van der Waals surface area contributed by atoms with Crippen molar-refractivity contribution in [3.63, 3.8) is 0 Å². The minimum Gasteiger partial charge on any atom is -0.444 e. The maximum atomic E-state index is 5.02. The van der Waals surface area contributed by atoms with Crippen LogP contribution in [-0.2, 0) is 4.74 Å². The van der Waals surface area contributed by atoms with E-state index in [4.69, 9.17) is 4.74 Å². The summed E-state index contributed by atoms with van der Waals surface area (Å²) in [4.78, 5) is 0. The highest BCUT2D eigenvalue weighted by Gasteiger charge is 2.14. The van der Waals surface area contributed by atoms with E-state index >= 15 is 0 Å². The van der Waals surface area contributed by atoms with E-state index in [-0.39, 0.29) is 0 Å². The van der Waals surface area contributed by atoms with Crippen molar-refractivity contribution in [2.24, 2.45) is 0 Å². The molecule has 0 aliphatic carbocycles. The molecule has 1 heterocycles. The molecule has 0 radical (unpaired) electrons. The zero-order valence-corrected chi connectivity index (χ0v) is 5.42. The van der Waals surface area contributed by atoms with Crippen LogP contribution in [0.1, 0.15) is 13.8 Å². The summed E-state index contributed by atoms with van der Waals surface area (Å²) in [6.45, 7) is 6.23.